The van der Waals surface area contributed by atoms with E-state index in [1.807, 2.05) is 29.4 Å². The molecule has 2 fully saturated rings. The molecule has 0 aromatic carbocycles. The smallest absolute Gasteiger partial charge is 0.317 e. The SMILES string of the molecule is O=C(NCCc1cnc(C2CC2)nc1)N1CCC[C@H]1c1ccncc1. The molecule has 0 unspecified atom stereocenters. The fourth-order valence-corrected chi connectivity index (χ4v) is 3.40. The maximum atomic E-state index is 12.5. The van der Waals surface area contributed by atoms with Gasteiger partial charge in [-0.15, -0.1) is 0 Å². The molecule has 1 aliphatic carbocycles. The number of likely N-dealkylation sites (tertiary alicyclic amines) is 1. The molecule has 2 aromatic heterocycles. The Balaban J connectivity index is 1.29. The summed E-state index contributed by atoms with van der Waals surface area (Å²) in [5.41, 5.74) is 2.23. The highest BCUT2D eigenvalue weighted by molar-refractivity contribution is 5.75. The summed E-state index contributed by atoms with van der Waals surface area (Å²) in [5.74, 6) is 1.54. The molecule has 130 valence electrons. The number of pyridine rings is 1. The van der Waals surface area contributed by atoms with Gasteiger partial charge in [-0.25, -0.2) is 14.8 Å². The lowest BCUT2D eigenvalue weighted by atomic mass is 10.1. The molecular weight excluding hydrogens is 314 g/mol. The van der Waals surface area contributed by atoms with Crippen molar-refractivity contribution in [2.75, 3.05) is 13.1 Å². The van der Waals surface area contributed by atoms with Crippen molar-refractivity contribution in [3.63, 3.8) is 0 Å². The van der Waals surface area contributed by atoms with Crippen LogP contribution in [-0.4, -0.2) is 39.0 Å². The highest BCUT2D eigenvalue weighted by Crippen LogP contribution is 2.37. The Morgan fingerprint density at radius 3 is 2.64 bits per heavy atom. The predicted octanol–water partition coefficient (Wildman–Crippen LogP) is 2.84. The second kappa shape index (κ2) is 7.17. The lowest BCUT2D eigenvalue weighted by Gasteiger charge is -2.25. The highest BCUT2D eigenvalue weighted by atomic mass is 16.2. The first-order valence-electron chi connectivity index (χ1n) is 9.06. The number of hydrogen-bond acceptors (Lipinski definition) is 4. The number of rotatable bonds is 5. The van der Waals surface area contributed by atoms with Gasteiger partial charge in [-0.05, 0) is 55.4 Å². The molecule has 25 heavy (non-hydrogen) atoms. The Kier molecular flexibility index (Phi) is 4.59. The van der Waals surface area contributed by atoms with Gasteiger partial charge in [-0.1, -0.05) is 0 Å². The molecule has 2 aromatic rings. The van der Waals surface area contributed by atoms with Crippen LogP contribution in [0.25, 0.3) is 0 Å². The molecular formula is C19H23N5O. The van der Waals surface area contributed by atoms with Gasteiger partial charge in [0.1, 0.15) is 5.82 Å². The van der Waals surface area contributed by atoms with Crippen molar-refractivity contribution in [3.8, 4) is 0 Å². The molecule has 0 bridgehead atoms. The largest absolute Gasteiger partial charge is 0.338 e. The number of carbonyl (C=O) groups excluding carboxylic acids is 1. The zero-order valence-corrected chi connectivity index (χ0v) is 14.3. The number of nitrogens with one attached hydrogen (secondary N) is 1. The molecule has 1 N–H and O–H groups in total. The van der Waals surface area contributed by atoms with Gasteiger partial charge in [-0.3, -0.25) is 4.98 Å². The van der Waals surface area contributed by atoms with Crippen LogP contribution in [0, 0.1) is 0 Å². The molecule has 2 amide bonds. The van der Waals surface area contributed by atoms with Crippen LogP contribution in [0.15, 0.2) is 36.9 Å². The summed E-state index contributed by atoms with van der Waals surface area (Å²) in [7, 11) is 0. The van der Waals surface area contributed by atoms with E-state index in [0.29, 0.717) is 12.5 Å². The lowest BCUT2D eigenvalue weighted by molar-refractivity contribution is 0.193. The number of hydrogen-bond donors (Lipinski definition) is 1. The van der Waals surface area contributed by atoms with Crippen LogP contribution in [0.4, 0.5) is 4.79 Å². The van der Waals surface area contributed by atoms with Crippen molar-refractivity contribution in [1.82, 2.24) is 25.2 Å². The number of carbonyl (C=O) groups is 1. The van der Waals surface area contributed by atoms with Gasteiger partial charge in [0.2, 0.25) is 0 Å². The number of aromatic nitrogens is 3. The van der Waals surface area contributed by atoms with Crippen LogP contribution in [0.2, 0.25) is 0 Å². The van der Waals surface area contributed by atoms with Gasteiger partial charge in [0.25, 0.3) is 0 Å². The van der Waals surface area contributed by atoms with Gasteiger partial charge in [-0.2, -0.15) is 0 Å². The summed E-state index contributed by atoms with van der Waals surface area (Å²) >= 11 is 0. The van der Waals surface area contributed by atoms with Crippen molar-refractivity contribution in [2.24, 2.45) is 0 Å². The maximum absolute atomic E-state index is 12.5. The maximum Gasteiger partial charge on any atom is 0.317 e. The van der Waals surface area contributed by atoms with Gasteiger partial charge in [0.05, 0.1) is 6.04 Å². The fraction of sp³-hybridized carbons (Fsp3) is 0.474. The molecule has 6 heteroatoms. The van der Waals surface area contributed by atoms with E-state index in [2.05, 4.69) is 20.3 Å². The van der Waals surface area contributed by atoms with Crippen molar-refractivity contribution < 1.29 is 4.79 Å². The molecule has 3 heterocycles. The zero-order valence-electron chi connectivity index (χ0n) is 14.3. The Bertz CT molecular complexity index is 714. The summed E-state index contributed by atoms with van der Waals surface area (Å²) in [6, 6.07) is 4.16. The van der Waals surface area contributed by atoms with Gasteiger partial charge < -0.3 is 10.2 Å². The molecule has 0 spiro atoms. The third kappa shape index (κ3) is 3.78. The van der Waals surface area contributed by atoms with E-state index in [0.717, 1.165) is 42.8 Å². The van der Waals surface area contributed by atoms with Crippen LogP contribution in [0.5, 0.6) is 0 Å². The summed E-state index contributed by atoms with van der Waals surface area (Å²) in [5, 5.41) is 3.04. The first kappa shape index (κ1) is 16.0. The van der Waals surface area contributed by atoms with E-state index in [-0.39, 0.29) is 12.1 Å². The Morgan fingerprint density at radius 2 is 1.92 bits per heavy atom. The molecule has 4 rings (SSSR count). The van der Waals surface area contributed by atoms with Crippen LogP contribution < -0.4 is 5.32 Å². The zero-order chi connectivity index (χ0) is 17.1. The summed E-state index contributed by atoms with van der Waals surface area (Å²) in [4.78, 5) is 27.4. The second-order valence-corrected chi connectivity index (χ2v) is 6.84. The number of amides is 2. The van der Waals surface area contributed by atoms with Crippen molar-refractivity contribution in [3.05, 3.63) is 53.9 Å². The first-order chi connectivity index (χ1) is 12.3. The summed E-state index contributed by atoms with van der Waals surface area (Å²) in [6.07, 6.45) is 12.6. The lowest BCUT2D eigenvalue weighted by Crippen LogP contribution is -2.40. The highest BCUT2D eigenvalue weighted by Gasteiger charge is 2.29. The van der Waals surface area contributed by atoms with Gasteiger partial charge >= 0.3 is 6.03 Å². The standard InChI is InChI=1S/C19H23N5O/c25-19(24-11-1-2-17(24)15-6-8-20-9-7-15)21-10-5-14-12-22-18(23-13-14)16-3-4-16/h6-9,12-13,16-17H,1-5,10-11H2,(H,21,25)/t17-/m0/s1. The van der Waals surface area contributed by atoms with Gasteiger partial charge in [0, 0.05) is 43.8 Å². The Hall–Kier alpha value is -2.50. The van der Waals surface area contributed by atoms with Crippen molar-refractivity contribution >= 4 is 6.03 Å². The first-order valence-corrected chi connectivity index (χ1v) is 9.06. The van der Waals surface area contributed by atoms with Crippen LogP contribution in [-0.2, 0) is 6.42 Å². The average Bonchev–Trinajstić information content (AvgIpc) is 3.39. The Morgan fingerprint density at radius 1 is 1.16 bits per heavy atom. The quantitative estimate of drug-likeness (QED) is 0.911. The molecule has 1 atom stereocenters. The molecule has 1 saturated heterocycles. The molecule has 2 aliphatic rings. The van der Waals surface area contributed by atoms with Crippen molar-refractivity contribution in [2.45, 2.75) is 44.1 Å². The Labute approximate surface area is 147 Å². The predicted molar refractivity (Wildman–Crippen MR) is 94.0 cm³/mol. The second-order valence-electron chi connectivity index (χ2n) is 6.84. The minimum Gasteiger partial charge on any atom is -0.338 e. The fourth-order valence-electron chi connectivity index (χ4n) is 3.40. The minimum absolute atomic E-state index is 0.00910. The van der Waals surface area contributed by atoms with Crippen molar-refractivity contribution in [1.29, 1.82) is 0 Å². The van der Waals surface area contributed by atoms with E-state index in [4.69, 9.17) is 0 Å². The van der Waals surface area contributed by atoms with Crippen LogP contribution in [0.1, 0.15) is 54.6 Å². The van der Waals surface area contributed by atoms with E-state index in [9.17, 15) is 4.79 Å². The van der Waals surface area contributed by atoms with E-state index in [1.165, 1.54) is 12.8 Å². The summed E-state index contributed by atoms with van der Waals surface area (Å²) < 4.78 is 0. The number of nitrogens with zero attached hydrogens (tertiary/aromatic N) is 4. The molecule has 1 aliphatic heterocycles. The monoisotopic (exact) mass is 337 g/mol. The third-order valence-corrected chi connectivity index (χ3v) is 4.96. The average molecular weight is 337 g/mol. The van der Waals surface area contributed by atoms with E-state index < -0.39 is 0 Å². The van der Waals surface area contributed by atoms with E-state index in [1.54, 1.807) is 12.4 Å². The molecule has 0 radical (unpaired) electrons. The van der Waals surface area contributed by atoms with E-state index >= 15 is 0 Å². The molecule has 1 saturated carbocycles. The molecule has 6 nitrogen and oxygen atoms in total. The topological polar surface area (TPSA) is 71.0 Å². The summed E-state index contributed by atoms with van der Waals surface area (Å²) in [6.45, 7) is 1.41. The third-order valence-electron chi connectivity index (χ3n) is 4.96. The van der Waals surface area contributed by atoms with Crippen LogP contribution >= 0.6 is 0 Å². The number of urea groups is 1. The normalized spacial score (nSPS) is 19.8. The minimum atomic E-state index is 0.00910. The van der Waals surface area contributed by atoms with Crippen LogP contribution in [0.3, 0.4) is 0 Å². The van der Waals surface area contributed by atoms with Gasteiger partial charge in [0.15, 0.2) is 0 Å².